The summed E-state index contributed by atoms with van der Waals surface area (Å²) in [6, 6.07) is 18.7. The molecule has 0 atom stereocenters. The van der Waals surface area contributed by atoms with Crippen LogP contribution in [0.25, 0.3) is 0 Å². The van der Waals surface area contributed by atoms with E-state index in [1.165, 1.54) is 6.33 Å². The molecule has 0 bridgehead atoms. The third-order valence-corrected chi connectivity index (χ3v) is 3.87. The van der Waals surface area contributed by atoms with Crippen LogP contribution in [0.4, 0.5) is 11.5 Å². The van der Waals surface area contributed by atoms with Gasteiger partial charge in [0.1, 0.15) is 30.2 Å². The maximum atomic E-state index is 12.4. The zero-order valence-corrected chi connectivity index (χ0v) is 15.6. The van der Waals surface area contributed by atoms with E-state index in [2.05, 4.69) is 20.6 Å². The quantitative estimate of drug-likeness (QED) is 0.555. The van der Waals surface area contributed by atoms with E-state index >= 15 is 0 Å². The summed E-state index contributed by atoms with van der Waals surface area (Å²) in [6.07, 6.45) is 1.35. The highest BCUT2D eigenvalue weighted by Crippen LogP contribution is 2.18. The van der Waals surface area contributed by atoms with Crippen molar-refractivity contribution >= 4 is 17.4 Å². The smallest absolute Gasteiger partial charge is 0.274 e. The van der Waals surface area contributed by atoms with Crippen molar-refractivity contribution < 1.29 is 14.3 Å². The molecule has 0 saturated heterocycles. The number of nitrogens with zero attached hydrogens (tertiary/aromatic N) is 2. The number of anilines is 2. The van der Waals surface area contributed by atoms with E-state index in [-0.39, 0.29) is 11.6 Å². The fourth-order valence-corrected chi connectivity index (χ4v) is 2.43. The highest BCUT2D eigenvalue weighted by molar-refractivity contribution is 6.03. The maximum absolute atomic E-state index is 12.4. The molecule has 3 rings (SSSR count). The van der Waals surface area contributed by atoms with Gasteiger partial charge in [-0.15, -0.1) is 0 Å². The Balaban J connectivity index is 1.54. The molecule has 0 unspecified atom stereocenters. The summed E-state index contributed by atoms with van der Waals surface area (Å²) in [4.78, 5) is 20.5. The first-order valence-electron chi connectivity index (χ1n) is 8.87. The first-order valence-corrected chi connectivity index (χ1v) is 8.87. The van der Waals surface area contributed by atoms with E-state index in [0.29, 0.717) is 31.3 Å². The van der Waals surface area contributed by atoms with Crippen LogP contribution in [0, 0.1) is 0 Å². The van der Waals surface area contributed by atoms with E-state index in [1.807, 2.05) is 42.5 Å². The lowest BCUT2D eigenvalue weighted by Crippen LogP contribution is -2.15. The summed E-state index contributed by atoms with van der Waals surface area (Å²) in [5.41, 5.74) is 2.03. The van der Waals surface area contributed by atoms with Crippen LogP contribution in [0.15, 0.2) is 67.0 Å². The summed E-state index contributed by atoms with van der Waals surface area (Å²) in [5.74, 6) is 0.991. The molecule has 1 heterocycles. The van der Waals surface area contributed by atoms with E-state index in [9.17, 15) is 4.79 Å². The molecular formula is C21H22N4O3. The van der Waals surface area contributed by atoms with Gasteiger partial charge in [-0.05, 0) is 29.8 Å². The van der Waals surface area contributed by atoms with Crippen LogP contribution in [0.5, 0.6) is 5.75 Å². The number of ether oxygens (including phenoxy) is 2. The third kappa shape index (κ3) is 5.78. The Hall–Kier alpha value is -3.45. The highest BCUT2D eigenvalue weighted by atomic mass is 16.5. The average Bonchev–Trinajstić information content (AvgIpc) is 2.74. The number of aromatic nitrogens is 2. The lowest BCUT2D eigenvalue weighted by molar-refractivity contribution is 0.102. The predicted octanol–water partition coefficient (Wildman–Crippen LogP) is 3.37. The maximum Gasteiger partial charge on any atom is 0.274 e. The second-order valence-corrected chi connectivity index (χ2v) is 5.96. The van der Waals surface area contributed by atoms with E-state index in [1.54, 1.807) is 25.3 Å². The van der Waals surface area contributed by atoms with Gasteiger partial charge in [-0.1, -0.05) is 30.3 Å². The molecule has 7 nitrogen and oxygen atoms in total. The molecule has 28 heavy (non-hydrogen) atoms. The van der Waals surface area contributed by atoms with E-state index in [0.717, 1.165) is 11.3 Å². The lowest BCUT2D eigenvalue weighted by atomic mass is 10.2. The van der Waals surface area contributed by atoms with Crippen molar-refractivity contribution in [3.8, 4) is 5.75 Å². The highest BCUT2D eigenvalue weighted by Gasteiger charge is 2.09. The zero-order valence-electron chi connectivity index (χ0n) is 15.6. The minimum absolute atomic E-state index is 0.277. The molecule has 0 spiro atoms. The number of methoxy groups -OCH3 is 1. The Morgan fingerprint density at radius 1 is 1.04 bits per heavy atom. The van der Waals surface area contributed by atoms with Gasteiger partial charge in [-0.2, -0.15) is 0 Å². The SMILES string of the molecule is COCCNc1cc(C(=O)Nc2ccc(OCc3ccccc3)cc2)ncn1. The Labute approximate surface area is 163 Å². The molecule has 2 N–H and O–H groups in total. The van der Waals surface area contributed by atoms with Gasteiger partial charge in [-0.3, -0.25) is 4.79 Å². The van der Waals surface area contributed by atoms with Crippen molar-refractivity contribution in [3.63, 3.8) is 0 Å². The molecule has 0 aliphatic heterocycles. The largest absolute Gasteiger partial charge is 0.489 e. The van der Waals surface area contributed by atoms with E-state index < -0.39 is 0 Å². The Bertz CT molecular complexity index is 886. The number of rotatable bonds is 9. The number of carbonyl (C=O) groups is 1. The summed E-state index contributed by atoms with van der Waals surface area (Å²) >= 11 is 0. The van der Waals surface area contributed by atoms with Crippen LogP contribution in [0.3, 0.4) is 0 Å². The molecule has 0 aliphatic carbocycles. The van der Waals surface area contributed by atoms with Gasteiger partial charge in [0.05, 0.1) is 6.61 Å². The summed E-state index contributed by atoms with van der Waals surface area (Å²) in [7, 11) is 1.62. The van der Waals surface area contributed by atoms with E-state index in [4.69, 9.17) is 9.47 Å². The molecular weight excluding hydrogens is 356 g/mol. The minimum Gasteiger partial charge on any atom is -0.489 e. The van der Waals surface area contributed by atoms with Crippen LogP contribution in [0.1, 0.15) is 16.1 Å². The monoisotopic (exact) mass is 378 g/mol. The summed E-state index contributed by atoms with van der Waals surface area (Å²) in [5, 5.41) is 5.88. The molecule has 0 aliphatic rings. The molecule has 3 aromatic rings. The summed E-state index contributed by atoms with van der Waals surface area (Å²) in [6.45, 7) is 1.63. The van der Waals surface area contributed by atoms with Gasteiger partial charge >= 0.3 is 0 Å². The minimum atomic E-state index is -0.310. The van der Waals surface area contributed by atoms with Crippen molar-refractivity contribution in [2.24, 2.45) is 0 Å². The van der Waals surface area contributed by atoms with Gasteiger partial charge in [0, 0.05) is 25.4 Å². The molecule has 144 valence electrons. The molecule has 0 fully saturated rings. The fraction of sp³-hybridized carbons (Fsp3) is 0.190. The Morgan fingerprint density at radius 2 is 1.82 bits per heavy atom. The molecule has 0 radical (unpaired) electrons. The first kappa shape index (κ1) is 19.3. The predicted molar refractivity (Wildman–Crippen MR) is 108 cm³/mol. The first-order chi connectivity index (χ1) is 13.7. The number of nitrogens with one attached hydrogen (secondary N) is 2. The lowest BCUT2D eigenvalue weighted by Gasteiger charge is -2.09. The van der Waals surface area contributed by atoms with Crippen LogP contribution >= 0.6 is 0 Å². The normalized spacial score (nSPS) is 10.3. The van der Waals surface area contributed by atoms with Gasteiger partial charge < -0.3 is 20.1 Å². The Kier molecular flexibility index (Phi) is 6.92. The molecule has 1 aromatic heterocycles. The van der Waals surface area contributed by atoms with Crippen molar-refractivity contribution in [2.45, 2.75) is 6.61 Å². The van der Waals surface area contributed by atoms with Crippen LogP contribution in [0.2, 0.25) is 0 Å². The molecule has 0 saturated carbocycles. The molecule has 1 amide bonds. The number of carbonyl (C=O) groups excluding carboxylic acids is 1. The Morgan fingerprint density at radius 3 is 2.57 bits per heavy atom. The van der Waals surface area contributed by atoms with Gasteiger partial charge in [0.2, 0.25) is 0 Å². The van der Waals surface area contributed by atoms with Crippen LogP contribution in [-0.4, -0.2) is 36.1 Å². The third-order valence-electron chi connectivity index (χ3n) is 3.87. The zero-order chi connectivity index (χ0) is 19.6. The standard InChI is InChI=1S/C21H22N4O3/c1-27-12-11-22-20-13-19(23-15-24-20)21(26)25-17-7-9-18(10-8-17)28-14-16-5-3-2-4-6-16/h2-10,13,15H,11-12,14H2,1H3,(H,25,26)(H,22,23,24). The number of benzene rings is 2. The average molecular weight is 378 g/mol. The summed E-state index contributed by atoms with van der Waals surface area (Å²) < 4.78 is 10.7. The van der Waals surface area contributed by atoms with Gasteiger partial charge in [-0.25, -0.2) is 9.97 Å². The number of hydrogen-bond acceptors (Lipinski definition) is 6. The van der Waals surface area contributed by atoms with Crippen LogP contribution in [-0.2, 0) is 11.3 Å². The second kappa shape index (κ2) is 10.0. The topological polar surface area (TPSA) is 85.4 Å². The van der Waals surface area contributed by atoms with Crippen molar-refractivity contribution in [1.82, 2.24) is 9.97 Å². The van der Waals surface area contributed by atoms with Crippen molar-refractivity contribution in [3.05, 3.63) is 78.2 Å². The van der Waals surface area contributed by atoms with Crippen molar-refractivity contribution in [1.29, 1.82) is 0 Å². The van der Waals surface area contributed by atoms with Gasteiger partial charge in [0.15, 0.2) is 0 Å². The fourth-order valence-electron chi connectivity index (χ4n) is 2.43. The number of hydrogen-bond donors (Lipinski definition) is 2. The molecule has 2 aromatic carbocycles. The molecule has 7 heteroatoms. The number of amides is 1. The van der Waals surface area contributed by atoms with Crippen molar-refractivity contribution in [2.75, 3.05) is 30.9 Å². The van der Waals surface area contributed by atoms with Gasteiger partial charge in [0.25, 0.3) is 5.91 Å². The second-order valence-electron chi connectivity index (χ2n) is 5.96. The van der Waals surface area contributed by atoms with Crippen LogP contribution < -0.4 is 15.4 Å².